The molecular weight excluding hydrogens is 175 g/mol. The third-order valence-electron chi connectivity index (χ3n) is 1.58. The molecule has 1 aromatic heterocycles. The van der Waals surface area contributed by atoms with Crippen molar-refractivity contribution in [2.75, 3.05) is 0 Å². The minimum absolute atomic E-state index is 0.112. The first-order valence-electron chi connectivity index (χ1n) is 2.99. The molecule has 1 heterocycles. The van der Waals surface area contributed by atoms with Crippen molar-refractivity contribution >= 4 is 11.6 Å². The van der Waals surface area contributed by atoms with Gasteiger partial charge >= 0.3 is 5.69 Å². The van der Waals surface area contributed by atoms with Crippen LogP contribution in [0.4, 0.5) is 4.39 Å². The van der Waals surface area contributed by atoms with Gasteiger partial charge in [-0.15, -0.1) is 0 Å². The van der Waals surface area contributed by atoms with Crippen LogP contribution in [0.1, 0.15) is 12.5 Å². The Kier molecular flexibility index (Phi) is 1.12. The van der Waals surface area contributed by atoms with Gasteiger partial charge in [0.1, 0.15) is 6.04 Å². The van der Waals surface area contributed by atoms with E-state index in [0.29, 0.717) is 0 Å². The quantitative estimate of drug-likeness (QED) is 0.607. The zero-order valence-corrected chi connectivity index (χ0v) is 6.05. The van der Waals surface area contributed by atoms with Crippen LogP contribution in [-0.4, -0.2) is 25.3 Å². The minimum Gasteiger partial charge on any atom is -0.245 e. The molecule has 0 saturated heterocycles. The molecule has 1 fully saturated rings. The summed E-state index contributed by atoms with van der Waals surface area (Å²) in [6, 6.07) is -0.657. The molecule has 60 valence electrons. The lowest BCUT2D eigenvalue weighted by Crippen LogP contribution is -2.19. The van der Waals surface area contributed by atoms with E-state index >= 15 is 0 Å². The van der Waals surface area contributed by atoms with E-state index in [-0.39, 0.29) is 6.42 Å². The first kappa shape index (κ1) is 6.78. The monoisotopic (exact) mass is 178 g/mol. The predicted molar refractivity (Wildman–Crippen MR) is 34.0 cm³/mol. The van der Waals surface area contributed by atoms with E-state index in [1.54, 1.807) is 0 Å². The first-order valence-corrected chi connectivity index (χ1v) is 3.37. The van der Waals surface area contributed by atoms with Crippen LogP contribution in [-0.2, 0) is 0 Å². The second kappa shape index (κ2) is 1.82. The Morgan fingerprint density at radius 2 is 2.55 bits per heavy atom. The van der Waals surface area contributed by atoms with Gasteiger partial charge in [-0.25, -0.2) is 14.3 Å². The standard InChI is InChI=1S/C4H4ClFN4O/c5-4(6)1-2(4)10-3(11)7-8-9-10/h2H,1H2,(H,7,9,11). The fourth-order valence-corrected chi connectivity index (χ4v) is 1.11. The van der Waals surface area contributed by atoms with E-state index in [9.17, 15) is 9.18 Å². The van der Waals surface area contributed by atoms with E-state index < -0.39 is 16.9 Å². The molecule has 1 aliphatic carbocycles. The number of aromatic amines is 1. The van der Waals surface area contributed by atoms with Crippen LogP contribution in [0.15, 0.2) is 4.79 Å². The fourth-order valence-electron chi connectivity index (χ4n) is 0.873. The van der Waals surface area contributed by atoms with Gasteiger partial charge in [0.2, 0.25) is 5.13 Å². The number of halogens is 2. The Morgan fingerprint density at radius 1 is 1.91 bits per heavy atom. The highest BCUT2D eigenvalue weighted by molar-refractivity contribution is 6.25. The zero-order valence-electron chi connectivity index (χ0n) is 5.29. The average molecular weight is 179 g/mol. The summed E-state index contributed by atoms with van der Waals surface area (Å²) in [5.41, 5.74) is -0.532. The summed E-state index contributed by atoms with van der Waals surface area (Å²) in [6.45, 7) is 0. The third-order valence-corrected chi connectivity index (χ3v) is 1.99. The Bertz CT molecular complexity index is 331. The molecule has 0 radical (unpaired) electrons. The molecule has 2 atom stereocenters. The molecule has 0 bridgehead atoms. The summed E-state index contributed by atoms with van der Waals surface area (Å²) < 4.78 is 13.6. The van der Waals surface area contributed by atoms with Crippen LogP contribution in [0.25, 0.3) is 0 Å². The molecule has 7 heteroatoms. The van der Waals surface area contributed by atoms with Crippen molar-refractivity contribution in [1.29, 1.82) is 0 Å². The smallest absolute Gasteiger partial charge is 0.245 e. The van der Waals surface area contributed by atoms with E-state index in [2.05, 4.69) is 10.4 Å². The number of alkyl halides is 2. The van der Waals surface area contributed by atoms with Gasteiger partial charge in [-0.2, -0.15) is 4.68 Å². The maximum atomic E-state index is 12.7. The fraction of sp³-hybridized carbons (Fsp3) is 0.750. The summed E-state index contributed by atoms with van der Waals surface area (Å²) in [7, 11) is 0. The lowest BCUT2D eigenvalue weighted by Gasteiger charge is -1.93. The van der Waals surface area contributed by atoms with Gasteiger partial charge in [0, 0.05) is 6.42 Å². The summed E-state index contributed by atoms with van der Waals surface area (Å²) in [6.07, 6.45) is 0.112. The molecule has 0 aromatic carbocycles. The van der Waals surface area contributed by atoms with E-state index in [1.165, 1.54) is 0 Å². The van der Waals surface area contributed by atoms with Crippen molar-refractivity contribution in [3.8, 4) is 0 Å². The van der Waals surface area contributed by atoms with Gasteiger partial charge in [0.15, 0.2) is 0 Å². The SMILES string of the molecule is O=c1[nH]nnn1C1CC1(F)Cl. The molecule has 0 aliphatic heterocycles. The zero-order chi connectivity index (χ0) is 8.06. The number of hydrogen-bond donors (Lipinski definition) is 1. The Labute approximate surface area is 65.1 Å². The Hall–Kier alpha value is -0.910. The van der Waals surface area contributed by atoms with Gasteiger partial charge < -0.3 is 0 Å². The molecule has 1 N–H and O–H groups in total. The lowest BCUT2D eigenvalue weighted by atomic mass is 10.7. The molecular formula is C4H4ClFN4O. The highest BCUT2D eigenvalue weighted by atomic mass is 35.5. The first-order chi connectivity index (χ1) is 5.11. The topological polar surface area (TPSA) is 63.6 Å². The van der Waals surface area contributed by atoms with Crippen molar-refractivity contribution in [2.24, 2.45) is 0 Å². The molecule has 11 heavy (non-hydrogen) atoms. The Balaban J connectivity index is 2.34. The number of rotatable bonds is 1. The third kappa shape index (κ3) is 0.936. The Morgan fingerprint density at radius 3 is 2.91 bits per heavy atom. The molecule has 2 rings (SSSR count). The normalized spacial score (nSPS) is 35.6. The lowest BCUT2D eigenvalue weighted by molar-refractivity contribution is 0.377. The van der Waals surface area contributed by atoms with Gasteiger partial charge in [-0.3, -0.25) is 0 Å². The summed E-state index contributed by atoms with van der Waals surface area (Å²) >= 11 is 5.26. The molecule has 0 amide bonds. The molecule has 1 aromatic rings. The molecule has 5 nitrogen and oxygen atoms in total. The van der Waals surface area contributed by atoms with Crippen LogP contribution < -0.4 is 5.69 Å². The van der Waals surface area contributed by atoms with Crippen LogP contribution in [0.3, 0.4) is 0 Å². The van der Waals surface area contributed by atoms with Crippen LogP contribution in [0.2, 0.25) is 0 Å². The maximum absolute atomic E-state index is 12.7. The van der Waals surface area contributed by atoms with Gasteiger partial charge in [-0.1, -0.05) is 11.6 Å². The van der Waals surface area contributed by atoms with E-state index in [4.69, 9.17) is 11.6 Å². The second-order valence-electron chi connectivity index (χ2n) is 2.43. The minimum atomic E-state index is -1.80. The highest BCUT2D eigenvalue weighted by Gasteiger charge is 2.57. The predicted octanol–water partition coefficient (Wildman–Crippen LogP) is -0.184. The van der Waals surface area contributed by atoms with E-state index in [1.807, 2.05) is 5.10 Å². The summed E-state index contributed by atoms with van der Waals surface area (Å²) in [5, 5.41) is 6.79. The number of H-pyrrole nitrogens is 1. The molecule has 1 aliphatic rings. The summed E-state index contributed by atoms with van der Waals surface area (Å²) in [5.74, 6) is 0. The van der Waals surface area contributed by atoms with Crippen molar-refractivity contribution in [3.05, 3.63) is 10.5 Å². The van der Waals surface area contributed by atoms with Crippen LogP contribution in [0.5, 0.6) is 0 Å². The number of tetrazole rings is 1. The largest absolute Gasteiger partial charge is 0.361 e. The van der Waals surface area contributed by atoms with Crippen molar-refractivity contribution in [1.82, 2.24) is 20.2 Å². The number of nitrogens with zero attached hydrogens (tertiary/aromatic N) is 3. The number of hydrogen-bond acceptors (Lipinski definition) is 3. The summed E-state index contributed by atoms with van der Waals surface area (Å²) in [4.78, 5) is 10.7. The number of aromatic nitrogens is 4. The number of nitrogens with one attached hydrogen (secondary N) is 1. The van der Waals surface area contributed by atoms with Gasteiger partial charge in [-0.05, 0) is 10.4 Å². The molecule has 2 unspecified atom stereocenters. The molecule has 0 spiro atoms. The van der Waals surface area contributed by atoms with Gasteiger partial charge in [0.05, 0.1) is 0 Å². The van der Waals surface area contributed by atoms with Crippen molar-refractivity contribution < 1.29 is 4.39 Å². The molecule has 1 saturated carbocycles. The second-order valence-corrected chi connectivity index (χ2v) is 3.06. The van der Waals surface area contributed by atoms with E-state index in [0.717, 1.165) is 4.68 Å². The van der Waals surface area contributed by atoms with Gasteiger partial charge in [0.25, 0.3) is 0 Å². The van der Waals surface area contributed by atoms with Crippen LogP contribution in [0, 0.1) is 0 Å². The van der Waals surface area contributed by atoms with Crippen molar-refractivity contribution in [2.45, 2.75) is 17.6 Å². The average Bonchev–Trinajstić information content (AvgIpc) is 2.38. The maximum Gasteiger partial charge on any atom is 0.361 e. The van der Waals surface area contributed by atoms with Crippen molar-refractivity contribution in [3.63, 3.8) is 0 Å². The van der Waals surface area contributed by atoms with Crippen LogP contribution >= 0.6 is 11.6 Å². The highest BCUT2D eigenvalue weighted by Crippen LogP contribution is 2.53.